The number of methoxy groups -OCH3 is 1. The molecule has 0 saturated carbocycles. The van der Waals surface area contributed by atoms with Crippen LogP contribution in [0.2, 0.25) is 0 Å². The predicted octanol–water partition coefficient (Wildman–Crippen LogP) is 3.03. The molecule has 162 valence electrons. The van der Waals surface area contributed by atoms with Gasteiger partial charge in [0.05, 0.1) is 25.6 Å². The molecule has 0 radical (unpaired) electrons. The zero-order valence-corrected chi connectivity index (χ0v) is 17.8. The number of nitrogens with zero attached hydrogens (tertiary/aromatic N) is 4. The first-order chi connectivity index (χ1) is 15.1. The van der Waals surface area contributed by atoms with Crippen LogP contribution < -0.4 is 5.56 Å². The van der Waals surface area contributed by atoms with Crippen molar-refractivity contribution in [3.63, 3.8) is 0 Å². The molecule has 0 bridgehead atoms. The number of amides is 1. The van der Waals surface area contributed by atoms with Crippen LogP contribution in [0.15, 0.2) is 58.1 Å². The van der Waals surface area contributed by atoms with E-state index in [0.29, 0.717) is 31.0 Å². The van der Waals surface area contributed by atoms with E-state index in [1.54, 1.807) is 30.5 Å². The normalized spacial score (nSPS) is 11.4. The maximum atomic E-state index is 13.3. The van der Waals surface area contributed by atoms with Gasteiger partial charge in [-0.25, -0.2) is 4.68 Å². The van der Waals surface area contributed by atoms with Crippen molar-refractivity contribution in [3.8, 4) is 0 Å². The van der Waals surface area contributed by atoms with Crippen LogP contribution in [0.4, 0.5) is 0 Å². The second-order valence-corrected chi connectivity index (χ2v) is 7.43. The van der Waals surface area contributed by atoms with Gasteiger partial charge in [-0.15, -0.1) is 0 Å². The number of hydrogen-bond acceptors (Lipinski definition) is 5. The third-order valence-corrected chi connectivity index (χ3v) is 5.35. The van der Waals surface area contributed by atoms with E-state index in [0.717, 1.165) is 29.3 Å². The van der Waals surface area contributed by atoms with Crippen molar-refractivity contribution in [3.05, 3.63) is 65.0 Å². The largest absolute Gasteiger partial charge is 0.467 e. The number of carbonyl (C=O) groups is 1. The summed E-state index contributed by atoms with van der Waals surface area (Å²) < 4.78 is 13.8. The van der Waals surface area contributed by atoms with E-state index in [9.17, 15) is 9.59 Å². The second-order valence-electron chi connectivity index (χ2n) is 7.43. The highest BCUT2D eigenvalue weighted by atomic mass is 16.5. The van der Waals surface area contributed by atoms with Gasteiger partial charge in [0.2, 0.25) is 5.91 Å². The Balaban J connectivity index is 1.69. The first kappa shape index (κ1) is 20.9. The van der Waals surface area contributed by atoms with E-state index in [1.165, 1.54) is 4.68 Å². The maximum absolute atomic E-state index is 13.3. The molecule has 31 heavy (non-hydrogen) atoms. The Morgan fingerprint density at radius 1 is 1.19 bits per heavy atom. The summed E-state index contributed by atoms with van der Waals surface area (Å²) in [5.74, 6) is 0.448. The molecule has 0 N–H and O–H groups in total. The number of rotatable bonds is 9. The summed E-state index contributed by atoms with van der Waals surface area (Å²) in [4.78, 5) is 28.0. The third kappa shape index (κ3) is 4.11. The van der Waals surface area contributed by atoms with E-state index in [4.69, 9.17) is 9.15 Å². The monoisotopic (exact) mass is 422 g/mol. The molecule has 0 spiro atoms. The SMILES string of the molecule is CCCn1c2ccccc2c2cnn(CC(=O)N(CCOC)Cc3ccco3)c(=O)c21. The fourth-order valence-electron chi connectivity index (χ4n) is 3.87. The summed E-state index contributed by atoms with van der Waals surface area (Å²) in [6.45, 7) is 3.73. The molecule has 0 saturated heterocycles. The molecule has 4 rings (SSSR count). The minimum absolute atomic E-state index is 0.146. The molecule has 8 heteroatoms. The van der Waals surface area contributed by atoms with Crippen LogP contribution in [0.25, 0.3) is 21.8 Å². The molecule has 0 fully saturated rings. The molecule has 0 atom stereocenters. The van der Waals surface area contributed by atoms with Gasteiger partial charge in [-0.2, -0.15) is 5.10 Å². The zero-order chi connectivity index (χ0) is 21.8. The smallest absolute Gasteiger partial charge is 0.291 e. The van der Waals surface area contributed by atoms with Gasteiger partial charge in [0, 0.05) is 36.5 Å². The highest BCUT2D eigenvalue weighted by Gasteiger charge is 2.20. The Morgan fingerprint density at radius 3 is 2.77 bits per heavy atom. The van der Waals surface area contributed by atoms with Crippen LogP contribution in [0, 0.1) is 0 Å². The minimum Gasteiger partial charge on any atom is -0.467 e. The van der Waals surface area contributed by atoms with Gasteiger partial charge in [-0.1, -0.05) is 25.1 Å². The molecule has 0 unspecified atom stereocenters. The molecule has 3 heterocycles. The number of fused-ring (bicyclic) bond motifs is 3. The number of ether oxygens (including phenoxy) is 1. The van der Waals surface area contributed by atoms with Crippen molar-refractivity contribution >= 4 is 27.7 Å². The van der Waals surface area contributed by atoms with Crippen LogP contribution in [-0.2, 0) is 29.2 Å². The van der Waals surface area contributed by atoms with Gasteiger partial charge in [0.15, 0.2) is 0 Å². The van der Waals surface area contributed by atoms with Crippen LogP contribution in [0.5, 0.6) is 0 Å². The molecule has 1 aromatic carbocycles. The van der Waals surface area contributed by atoms with Crippen molar-refractivity contribution in [2.24, 2.45) is 0 Å². The van der Waals surface area contributed by atoms with Gasteiger partial charge < -0.3 is 18.6 Å². The highest BCUT2D eigenvalue weighted by molar-refractivity contribution is 6.07. The third-order valence-electron chi connectivity index (χ3n) is 5.35. The lowest BCUT2D eigenvalue weighted by atomic mass is 10.2. The number of para-hydroxylation sites is 1. The number of aryl methyl sites for hydroxylation is 1. The average molecular weight is 422 g/mol. The molecule has 0 aliphatic carbocycles. The van der Waals surface area contributed by atoms with Crippen molar-refractivity contribution in [2.75, 3.05) is 20.3 Å². The van der Waals surface area contributed by atoms with Crippen molar-refractivity contribution in [1.29, 1.82) is 0 Å². The quantitative estimate of drug-likeness (QED) is 0.414. The summed E-state index contributed by atoms with van der Waals surface area (Å²) in [6.07, 6.45) is 4.15. The Morgan fingerprint density at radius 2 is 2.03 bits per heavy atom. The summed E-state index contributed by atoms with van der Waals surface area (Å²) in [5.41, 5.74) is 1.32. The van der Waals surface area contributed by atoms with Gasteiger partial charge in [-0.05, 0) is 24.6 Å². The molecule has 4 aromatic rings. The molecule has 0 aliphatic heterocycles. The topological polar surface area (TPSA) is 82.5 Å². The van der Waals surface area contributed by atoms with Crippen molar-refractivity contribution in [2.45, 2.75) is 33.0 Å². The van der Waals surface area contributed by atoms with E-state index in [2.05, 4.69) is 12.0 Å². The molecule has 1 amide bonds. The van der Waals surface area contributed by atoms with Gasteiger partial charge in [-0.3, -0.25) is 9.59 Å². The lowest BCUT2D eigenvalue weighted by molar-refractivity contribution is -0.133. The number of aromatic nitrogens is 3. The molecular formula is C23H26N4O4. The summed E-state index contributed by atoms with van der Waals surface area (Å²) in [5, 5.41) is 6.12. The Labute approximate surface area is 179 Å². The van der Waals surface area contributed by atoms with Crippen LogP contribution in [0.3, 0.4) is 0 Å². The average Bonchev–Trinajstić information content (AvgIpc) is 3.40. The number of benzene rings is 1. The number of carbonyl (C=O) groups excluding carboxylic acids is 1. The zero-order valence-electron chi connectivity index (χ0n) is 17.8. The highest BCUT2D eigenvalue weighted by Crippen LogP contribution is 2.26. The predicted molar refractivity (Wildman–Crippen MR) is 118 cm³/mol. The first-order valence-corrected chi connectivity index (χ1v) is 10.4. The van der Waals surface area contributed by atoms with Crippen molar-refractivity contribution in [1.82, 2.24) is 19.2 Å². The van der Waals surface area contributed by atoms with Gasteiger partial charge in [0.1, 0.15) is 17.8 Å². The number of hydrogen-bond donors (Lipinski definition) is 0. The summed E-state index contributed by atoms with van der Waals surface area (Å²) in [7, 11) is 1.59. The Kier molecular flexibility index (Phi) is 6.18. The lowest BCUT2D eigenvalue weighted by Gasteiger charge is -2.21. The second kappa shape index (κ2) is 9.18. The molecule has 3 aromatic heterocycles. The molecule has 0 aliphatic rings. The Bertz CT molecular complexity index is 1240. The van der Waals surface area contributed by atoms with E-state index >= 15 is 0 Å². The maximum Gasteiger partial charge on any atom is 0.291 e. The first-order valence-electron chi connectivity index (χ1n) is 10.4. The summed E-state index contributed by atoms with van der Waals surface area (Å²) >= 11 is 0. The van der Waals surface area contributed by atoms with Gasteiger partial charge >= 0.3 is 0 Å². The van der Waals surface area contributed by atoms with Gasteiger partial charge in [0.25, 0.3) is 5.56 Å². The number of furan rings is 1. The van der Waals surface area contributed by atoms with E-state index < -0.39 is 0 Å². The summed E-state index contributed by atoms with van der Waals surface area (Å²) in [6, 6.07) is 11.5. The van der Waals surface area contributed by atoms with Crippen LogP contribution >= 0.6 is 0 Å². The fraction of sp³-hybridized carbons (Fsp3) is 0.348. The minimum atomic E-state index is -0.264. The Hall–Kier alpha value is -3.39. The molecular weight excluding hydrogens is 396 g/mol. The fourth-order valence-corrected chi connectivity index (χ4v) is 3.87. The van der Waals surface area contributed by atoms with Crippen LogP contribution in [0.1, 0.15) is 19.1 Å². The van der Waals surface area contributed by atoms with Crippen LogP contribution in [-0.4, -0.2) is 45.4 Å². The standard InChI is InChI=1S/C23H26N4O4/c1-3-10-26-20-9-5-4-8-18(20)19-14-24-27(23(29)22(19)26)16-21(28)25(11-13-30-2)15-17-7-6-12-31-17/h4-9,12,14H,3,10-11,13,15-16H2,1-2H3. The lowest BCUT2D eigenvalue weighted by Crippen LogP contribution is -2.38. The van der Waals surface area contributed by atoms with E-state index in [1.807, 2.05) is 34.9 Å². The van der Waals surface area contributed by atoms with Crippen molar-refractivity contribution < 1.29 is 13.9 Å². The molecule has 8 nitrogen and oxygen atoms in total. The van der Waals surface area contributed by atoms with E-state index in [-0.39, 0.29) is 18.0 Å².